The first kappa shape index (κ1) is 20.5. The first-order valence-electron chi connectivity index (χ1n) is 10.1. The summed E-state index contributed by atoms with van der Waals surface area (Å²) in [7, 11) is 0. The molecule has 1 aromatic carbocycles. The van der Waals surface area contributed by atoms with Gasteiger partial charge in [0.25, 0.3) is 0 Å². The number of morpholine rings is 1. The second-order valence-corrected chi connectivity index (χ2v) is 7.91. The van der Waals surface area contributed by atoms with Crippen LogP contribution in [0.3, 0.4) is 0 Å². The number of aryl methyl sites for hydroxylation is 1. The van der Waals surface area contributed by atoms with Crippen molar-refractivity contribution in [3.8, 4) is 0 Å². The number of aromatic nitrogens is 2. The summed E-state index contributed by atoms with van der Waals surface area (Å²) in [5.74, 6) is 0.0204. The van der Waals surface area contributed by atoms with Crippen LogP contribution in [0.2, 0.25) is 0 Å². The van der Waals surface area contributed by atoms with Crippen LogP contribution in [-0.4, -0.2) is 52.7 Å². The normalized spacial score (nSPS) is 21.4. The Morgan fingerprint density at radius 1 is 1.20 bits per heavy atom. The summed E-state index contributed by atoms with van der Waals surface area (Å²) in [6, 6.07) is 2.63. The number of fused-ring (bicyclic) bond motifs is 1. The number of ether oxygens (including phenoxy) is 1. The van der Waals surface area contributed by atoms with Gasteiger partial charge in [-0.15, -0.1) is 0 Å². The molecular weight excluding hydrogens is 392 g/mol. The number of nitrogens with one attached hydrogen (secondary N) is 1. The number of urea groups is 1. The van der Waals surface area contributed by atoms with Gasteiger partial charge in [0.05, 0.1) is 30.1 Å². The second-order valence-electron chi connectivity index (χ2n) is 7.91. The average Bonchev–Trinajstić information content (AvgIpc) is 2.68. The fourth-order valence-electron chi connectivity index (χ4n) is 4.09. The Balaban J connectivity index is 1.57. The highest BCUT2D eigenvalue weighted by Gasteiger charge is 2.30. The summed E-state index contributed by atoms with van der Waals surface area (Å²) in [4.78, 5) is 25.8. The fourth-order valence-corrected chi connectivity index (χ4v) is 4.09. The number of carbonyl (C=O) groups is 1. The third-order valence-electron chi connectivity index (χ3n) is 5.33. The lowest BCUT2D eigenvalue weighted by molar-refractivity contribution is -0.00558. The standard InChI is InChI=1S/C21H25F2N5O2/c1-12-9-28(10-13(2)30-12)20-16-11-27(7-6-18(16)24-14(3)25-20)21(29)26-19-5-4-15(22)8-17(19)23/h4-5,8,12-13H,6-7,9-11H2,1-3H3,(H,26,29). The monoisotopic (exact) mass is 417 g/mol. The van der Waals surface area contributed by atoms with E-state index in [4.69, 9.17) is 4.74 Å². The number of carbonyl (C=O) groups excluding carboxylic acids is 1. The quantitative estimate of drug-likeness (QED) is 0.812. The van der Waals surface area contributed by atoms with Crippen molar-refractivity contribution in [1.82, 2.24) is 14.9 Å². The molecule has 160 valence electrons. The molecular formula is C21H25F2N5O2. The summed E-state index contributed by atoms with van der Waals surface area (Å²) >= 11 is 0. The molecule has 2 aliphatic rings. The van der Waals surface area contributed by atoms with Crippen molar-refractivity contribution in [2.45, 2.75) is 45.9 Å². The number of rotatable bonds is 2. The van der Waals surface area contributed by atoms with Gasteiger partial charge in [-0.25, -0.2) is 23.5 Å². The van der Waals surface area contributed by atoms with Crippen molar-refractivity contribution in [2.24, 2.45) is 0 Å². The van der Waals surface area contributed by atoms with Crippen LogP contribution in [0.25, 0.3) is 0 Å². The maximum absolute atomic E-state index is 13.9. The van der Waals surface area contributed by atoms with E-state index in [9.17, 15) is 13.6 Å². The average molecular weight is 417 g/mol. The zero-order chi connectivity index (χ0) is 21.4. The molecule has 30 heavy (non-hydrogen) atoms. The Labute approximate surface area is 174 Å². The van der Waals surface area contributed by atoms with Gasteiger partial charge >= 0.3 is 6.03 Å². The molecule has 4 rings (SSSR count). The summed E-state index contributed by atoms with van der Waals surface area (Å²) in [6.45, 7) is 8.11. The Morgan fingerprint density at radius 2 is 1.93 bits per heavy atom. The van der Waals surface area contributed by atoms with Crippen LogP contribution in [0.15, 0.2) is 18.2 Å². The van der Waals surface area contributed by atoms with E-state index in [1.54, 1.807) is 4.90 Å². The summed E-state index contributed by atoms with van der Waals surface area (Å²) in [5, 5.41) is 2.53. The van der Waals surface area contributed by atoms with E-state index in [0.717, 1.165) is 29.2 Å². The molecule has 2 amide bonds. The Morgan fingerprint density at radius 3 is 2.63 bits per heavy atom. The number of halogens is 2. The van der Waals surface area contributed by atoms with Crippen molar-refractivity contribution in [1.29, 1.82) is 0 Å². The fraction of sp³-hybridized carbons (Fsp3) is 0.476. The minimum atomic E-state index is -0.809. The maximum Gasteiger partial charge on any atom is 0.322 e. The van der Waals surface area contributed by atoms with Crippen LogP contribution in [0.4, 0.5) is 25.1 Å². The van der Waals surface area contributed by atoms with Crippen molar-refractivity contribution >= 4 is 17.5 Å². The lowest BCUT2D eigenvalue weighted by atomic mass is 10.0. The van der Waals surface area contributed by atoms with E-state index < -0.39 is 17.7 Å². The van der Waals surface area contributed by atoms with Gasteiger partial charge in [0.2, 0.25) is 0 Å². The number of nitrogens with zero attached hydrogens (tertiary/aromatic N) is 4. The van der Waals surface area contributed by atoms with Gasteiger partial charge < -0.3 is 19.9 Å². The molecule has 2 unspecified atom stereocenters. The van der Waals surface area contributed by atoms with E-state index in [1.165, 1.54) is 6.07 Å². The molecule has 0 radical (unpaired) electrons. The van der Waals surface area contributed by atoms with Crippen LogP contribution in [0, 0.1) is 18.6 Å². The highest BCUT2D eigenvalue weighted by molar-refractivity contribution is 5.89. The van der Waals surface area contributed by atoms with Crippen LogP contribution in [0.5, 0.6) is 0 Å². The second kappa shape index (κ2) is 8.14. The number of hydrogen-bond donors (Lipinski definition) is 1. The molecule has 2 atom stereocenters. The molecule has 0 aliphatic carbocycles. The van der Waals surface area contributed by atoms with E-state index in [1.807, 2.05) is 20.8 Å². The lowest BCUT2D eigenvalue weighted by Gasteiger charge is -2.38. The third-order valence-corrected chi connectivity index (χ3v) is 5.33. The molecule has 0 spiro atoms. The molecule has 1 N–H and O–H groups in total. The zero-order valence-corrected chi connectivity index (χ0v) is 17.3. The minimum Gasteiger partial charge on any atom is -0.372 e. The Kier molecular flexibility index (Phi) is 5.55. The largest absolute Gasteiger partial charge is 0.372 e. The van der Waals surface area contributed by atoms with Gasteiger partial charge in [0, 0.05) is 37.7 Å². The lowest BCUT2D eigenvalue weighted by Crippen LogP contribution is -2.47. The highest BCUT2D eigenvalue weighted by atomic mass is 19.1. The molecule has 0 bridgehead atoms. The van der Waals surface area contributed by atoms with E-state index in [0.29, 0.717) is 38.4 Å². The van der Waals surface area contributed by atoms with Gasteiger partial charge in [0.15, 0.2) is 0 Å². The van der Waals surface area contributed by atoms with E-state index in [2.05, 4.69) is 20.2 Å². The Hall–Kier alpha value is -2.81. The van der Waals surface area contributed by atoms with Crippen LogP contribution < -0.4 is 10.2 Å². The Bertz CT molecular complexity index is 961. The summed E-state index contributed by atoms with van der Waals surface area (Å²) in [5.41, 5.74) is 1.78. The van der Waals surface area contributed by atoms with E-state index in [-0.39, 0.29) is 17.9 Å². The van der Waals surface area contributed by atoms with Gasteiger partial charge in [-0.2, -0.15) is 0 Å². The summed E-state index contributed by atoms with van der Waals surface area (Å²) < 4.78 is 32.9. The molecule has 0 saturated carbocycles. The maximum atomic E-state index is 13.9. The SMILES string of the molecule is Cc1nc2c(c(N3CC(C)OC(C)C3)n1)CN(C(=O)Nc1ccc(F)cc1F)CC2. The molecule has 1 aromatic heterocycles. The van der Waals surface area contributed by atoms with Crippen molar-refractivity contribution in [3.05, 3.63) is 46.9 Å². The molecule has 3 heterocycles. The predicted molar refractivity (Wildman–Crippen MR) is 108 cm³/mol. The van der Waals surface area contributed by atoms with E-state index >= 15 is 0 Å². The molecule has 2 aliphatic heterocycles. The highest BCUT2D eigenvalue weighted by Crippen LogP contribution is 2.29. The molecule has 9 heteroatoms. The molecule has 1 fully saturated rings. The number of hydrogen-bond acceptors (Lipinski definition) is 5. The smallest absolute Gasteiger partial charge is 0.322 e. The van der Waals surface area contributed by atoms with Crippen molar-refractivity contribution < 1.29 is 18.3 Å². The van der Waals surface area contributed by atoms with Gasteiger partial charge in [0.1, 0.15) is 23.3 Å². The predicted octanol–water partition coefficient (Wildman–Crippen LogP) is 3.27. The number of benzene rings is 1. The van der Waals surface area contributed by atoms with Crippen LogP contribution in [-0.2, 0) is 17.7 Å². The first-order valence-corrected chi connectivity index (χ1v) is 10.1. The number of anilines is 2. The molecule has 2 aromatic rings. The zero-order valence-electron chi connectivity index (χ0n) is 17.3. The molecule has 1 saturated heterocycles. The van der Waals surface area contributed by atoms with Crippen LogP contribution in [0.1, 0.15) is 30.9 Å². The first-order chi connectivity index (χ1) is 14.3. The van der Waals surface area contributed by atoms with Gasteiger partial charge in [-0.05, 0) is 32.9 Å². The molecule has 7 nitrogen and oxygen atoms in total. The van der Waals surface area contributed by atoms with Crippen molar-refractivity contribution in [3.63, 3.8) is 0 Å². The topological polar surface area (TPSA) is 70.6 Å². The number of amides is 2. The van der Waals surface area contributed by atoms with Crippen molar-refractivity contribution in [2.75, 3.05) is 29.9 Å². The van der Waals surface area contributed by atoms with Crippen LogP contribution >= 0.6 is 0 Å². The van der Waals surface area contributed by atoms with Gasteiger partial charge in [-0.3, -0.25) is 0 Å². The van der Waals surface area contributed by atoms with Gasteiger partial charge in [-0.1, -0.05) is 0 Å². The summed E-state index contributed by atoms with van der Waals surface area (Å²) in [6.07, 6.45) is 0.730. The minimum absolute atomic E-state index is 0.0524. The third kappa shape index (κ3) is 4.21.